The van der Waals surface area contributed by atoms with Crippen molar-refractivity contribution in [2.24, 2.45) is 4.99 Å². The lowest BCUT2D eigenvalue weighted by Gasteiger charge is -2.33. The minimum atomic E-state index is 0.484. The van der Waals surface area contributed by atoms with E-state index < -0.39 is 0 Å². The molecule has 6 heteroatoms. The number of thiophene rings is 1. The summed E-state index contributed by atoms with van der Waals surface area (Å²) in [6.45, 7) is 6.29. The lowest BCUT2D eigenvalue weighted by atomic mass is 10.0. The first-order valence-electron chi connectivity index (χ1n) is 9.37. The van der Waals surface area contributed by atoms with Crippen molar-refractivity contribution in [1.82, 2.24) is 20.5 Å². The molecule has 3 heterocycles. The van der Waals surface area contributed by atoms with Crippen LogP contribution in [-0.4, -0.2) is 48.6 Å². The molecule has 2 aromatic heterocycles. The van der Waals surface area contributed by atoms with Gasteiger partial charge in [-0.25, -0.2) is 0 Å². The zero-order valence-electron chi connectivity index (χ0n) is 15.7. The van der Waals surface area contributed by atoms with Crippen molar-refractivity contribution in [3.63, 3.8) is 0 Å². The Labute approximate surface area is 160 Å². The molecule has 0 aliphatic carbocycles. The zero-order valence-corrected chi connectivity index (χ0v) is 16.5. The number of guanidine groups is 1. The Morgan fingerprint density at radius 3 is 2.81 bits per heavy atom. The molecule has 2 aromatic rings. The number of nitrogens with zero attached hydrogens (tertiary/aromatic N) is 3. The minimum absolute atomic E-state index is 0.484. The molecule has 3 rings (SSSR count). The third kappa shape index (κ3) is 5.54. The third-order valence-corrected chi connectivity index (χ3v) is 5.97. The molecule has 0 radical (unpaired) electrons. The molecule has 0 aromatic carbocycles. The Kier molecular flexibility index (Phi) is 7.03. The Hall–Kier alpha value is -1.92. The molecule has 0 saturated carbocycles. The summed E-state index contributed by atoms with van der Waals surface area (Å²) in [5, 5.41) is 9.21. The molecule has 1 fully saturated rings. The summed E-state index contributed by atoms with van der Waals surface area (Å²) in [7, 11) is 1.85. The number of piperidine rings is 1. The van der Waals surface area contributed by atoms with E-state index in [1.807, 2.05) is 30.6 Å². The van der Waals surface area contributed by atoms with Crippen LogP contribution in [0.5, 0.6) is 0 Å². The number of likely N-dealkylation sites (tertiary alicyclic amines) is 1. The van der Waals surface area contributed by atoms with E-state index in [2.05, 4.69) is 62.1 Å². The van der Waals surface area contributed by atoms with Gasteiger partial charge in [-0.3, -0.25) is 14.9 Å². The summed E-state index contributed by atoms with van der Waals surface area (Å²) < 4.78 is 0. The summed E-state index contributed by atoms with van der Waals surface area (Å²) >= 11 is 1.82. The van der Waals surface area contributed by atoms with Gasteiger partial charge in [0.1, 0.15) is 0 Å². The predicted molar refractivity (Wildman–Crippen MR) is 110 cm³/mol. The highest BCUT2D eigenvalue weighted by molar-refractivity contribution is 7.10. The summed E-state index contributed by atoms with van der Waals surface area (Å²) in [5.41, 5.74) is 1.15. The van der Waals surface area contributed by atoms with E-state index in [1.54, 1.807) is 0 Å². The van der Waals surface area contributed by atoms with Gasteiger partial charge >= 0.3 is 0 Å². The van der Waals surface area contributed by atoms with Crippen LogP contribution in [0.2, 0.25) is 0 Å². The minimum Gasteiger partial charge on any atom is -0.356 e. The molecule has 1 atom stereocenters. The molecule has 1 unspecified atom stereocenters. The lowest BCUT2D eigenvalue weighted by Crippen LogP contribution is -2.49. The first-order valence-corrected chi connectivity index (χ1v) is 10.3. The number of hydrogen-bond donors (Lipinski definition) is 2. The van der Waals surface area contributed by atoms with E-state index in [0.29, 0.717) is 12.0 Å². The number of hydrogen-bond acceptors (Lipinski definition) is 4. The SMILES string of the molecule is CN=C(NCC(C)c1cccs1)NC1CCN(Cc2ccccn2)CC1. The van der Waals surface area contributed by atoms with Gasteiger partial charge in [0.2, 0.25) is 0 Å². The maximum absolute atomic E-state index is 4.43. The predicted octanol–water partition coefficient (Wildman–Crippen LogP) is 3.08. The topological polar surface area (TPSA) is 52.6 Å². The molecule has 26 heavy (non-hydrogen) atoms. The first-order chi connectivity index (χ1) is 12.7. The van der Waals surface area contributed by atoms with Crippen LogP contribution in [0.4, 0.5) is 0 Å². The van der Waals surface area contributed by atoms with Gasteiger partial charge in [0.05, 0.1) is 5.69 Å². The zero-order chi connectivity index (χ0) is 18.2. The maximum atomic E-state index is 4.43. The van der Waals surface area contributed by atoms with Crippen LogP contribution in [0.3, 0.4) is 0 Å². The van der Waals surface area contributed by atoms with E-state index in [-0.39, 0.29) is 0 Å². The van der Waals surface area contributed by atoms with E-state index in [9.17, 15) is 0 Å². The Bertz CT molecular complexity index is 663. The van der Waals surface area contributed by atoms with Gasteiger partial charge in [0.25, 0.3) is 0 Å². The Balaban J connectivity index is 1.40. The van der Waals surface area contributed by atoms with Crippen molar-refractivity contribution in [3.05, 3.63) is 52.5 Å². The molecule has 0 bridgehead atoms. The van der Waals surface area contributed by atoms with Crippen molar-refractivity contribution in [3.8, 4) is 0 Å². The third-order valence-electron chi connectivity index (χ3n) is 4.87. The van der Waals surface area contributed by atoms with E-state index in [1.165, 1.54) is 4.88 Å². The molecule has 1 aliphatic heterocycles. The number of aliphatic imine (C=N–C) groups is 1. The van der Waals surface area contributed by atoms with E-state index in [0.717, 1.165) is 50.7 Å². The first kappa shape index (κ1) is 18.9. The average molecular weight is 372 g/mol. The van der Waals surface area contributed by atoms with Crippen LogP contribution < -0.4 is 10.6 Å². The van der Waals surface area contributed by atoms with Crippen molar-refractivity contribution in [1.29, 1.82) is 0 Å². The largest absolute Gasteiger partial charge is 0.356 e. The van der Waals surface area contributed by atoms with Gasteiger partial charge < -0.3 is 10.6 Å². The van der Waals surface area contributed by atoms with Gasteiger partial charge in [-0.2, -0.15) is 0 Å². The van der Waals surface area contributed by atoms with E-state index >= 15 is 0 Å². The van der Waals surface area contributed by atoms with Crippen LogP contribution in [0.25, 0.3) is 0 Å². The molecule has 2 N–H and O–H groups in total. The number of nitrogens with one attached hydrogen (secondary N) is 2. The second-order valence-corrected chi connectivity index (χ2v) is 7.86. The number of pyridine rings is 1. The fraction of sp³-hybridized carbons (Fsp3) is 0.500. The fourth-order valence-electron chi connectivity index (χ4n) is 3.27. The van der Waals surface area contributed by atoms with Gasteiger partial charge in [-0.15, -0.1) is 11.3 Å². The average Bonchev–Trinajstić information content (AvgIpc) is 3.22. The lowest BCUT2D eigenvalue weighted by molar-refractivity contribution is 0.196. The summed E-state index contributed by atoms with van der Waals surface area (Å²) in [6, 6.07) is 10.9. The van der Waals surface area contributed by atoms with Crippen LogP contribution in [0, 0.1) is 0 Å². The molecular formula is C20H29N5S. The van der Waals surface area contributed by atoms with Crippen LogP contribution in [0.15, 0.2) is 46.9 Å². The second kappa shape index (κ2) is 9.69. The highest BCUT2D eigenvalue weighted by atomic mass is 32.1. The summed E-state index contributed by atoms with van der Waals surface area (Å²) in [5.74, 6) is 1.41. The van der Waals surface area contributed by atoms with Crippen molar-refractivity contribution in [2.45, 2.75) is 38.3 Å². The number of rotatable bonds is 6. The molecule has 140 valence electrons. The van der Waals surface area contributed by atoms with Gasteiger partial charge in [0.15, 0.2) is 5.96 Å². The van der Waals surface area contributed by atoms with Crippen LogP contribution in [0.1, 0.15) is 36.3 Å². The van der Waals surface area contributed by atoms with Crippen molar-refractivity contribution < 1.29 is 0 Å². The highest BCUT2D eigenvalue weighted by Crippen LogP contribution is 2.19. The molecular weight excluding hydrogens is 342 g/mol. The fourth-order valence-corrected chi connectivity index (χ4v) is 4.05. The molecule has 0 spiro atoms. The summed E-state index contributed by atoms with van der Waals surface area (Å²) in [4.78, 5) is 12.7. The maximum Gasteiger partial charge on any atom is 0.191 e. The number of aromatic nitrogens is 1. The molecule has 1 aliphatic rings. The highest BCUT2D eigenvalue weighted by Gasteiger charge is 2.20. The van der Waals surface area contributed by atoms with Gasteiger partial charge in [-0.05, 0) is 36.4 Å². The van der Waals surface area contributed by atoms with Crippen molar-refractivity contribution >= 4 is 17.3 Å². The quantitative estimate of drug-likeness (QED) is 0.605. The smallest absolute Gasteiger partial charge is 0.191 e. The Morgan fingerprint density at radius 1 is 1.31 bits per heavy atom. The normalized spacial score (nSPS) is 17.8. The standard InChI is InChI=1S/C20H29N5S/c1-16(19-7-5-13-26-19)14-23-20(21-2)24-17-8-11-25(12-9-17)15-18-6-3-4-10-22-18/h3-7,10,13,16-17H,8-9,11-12,14-15H2,1-2H3,(H2,21,23,24). The van der Waals surface area contributed by atoms with Crippen molar-refractivity contribution in [2.75, 3.05) is 26.7 Å². The second-order valence-electron chi connectivity index (χ2n) is 6.89. The molecule has 1 saturated heterocycles. The van der Waals surface area contributed by atoms with Crippen LogP contribution in [-0.2, 0) is 6.54 Å². The molecule has 0 amide bonds. The monoisotopic (exact) mass is 371 g/mol. The van der Waals surface area contributed by atoms with Gasteiger partial charge in [-0.1, -0.05) is 19.1 Å². The molecule has 5 nitrogen and oxygen atoms in total. The van der Waals surface area contributed by atoms with Gasteiger partial charge in [0, 0.05) is 56.3 Å². The summed E-state index contributed by atoms with van der Waals surface area (Å²) in [6.07, 6.45) is 4.14. The van der Waals surface area contributed by atoms with E-state index in [4.69, 9.17) is 0 Å². The van der Waals surface area contributed by atoms with Crippen LogP contribution >= 0.6 is 11.3 Å². The Morgan fingerprint density at radius 2 is 2.15 bits per heavy atom.